The number of nitrogens with zero attached hydrogens (tertiary/aromatic N) is 1. The smallest absolute Gasteiger partial charge is 0.249 e. The Morgan fingerprint density at radius 2 is 1.72 bits per heavy atom. The fourth-order valence-corrected chi connectivity index (χ4v) is 4.22. The molecule has 8 heteroatoms. The Bertz CT molecular complexity index is 852. The fraction of sp³-hybridized carbons (Fsp3) is 0.294. The van der Waals surface area contributed by atoms with E-state index in [0.29, 0.717) is 11.5 Å². The number of rotatable bonds is 5. The molecule has 1 atom stereocenters. The van der Waals surface area contributed by atoms with Crippen molar-refractivity contribution < 1.29 is 26.7 Å². The molecule has 2 aromatic rings. The number of sulfonamides is 1. The van der Waals surface area contributed by atoms with Gasteiger partial charge in [0, 0.05) is 6.54 Å². The predicted molar refractivity (Wildman–Crippen MR) is 87.1 cm³/mol. The number of ether oxygens (including phenoxy) is 2. The summed E-state index contributed by atoms with van der Waals surface area (Å²) in [5.74, 6) is -1.16. The Morgan fingerprint density at radius 3 is 2.36 bits per heavy atom. The van der Waals surface area contributed by atoms with E-state index in [1.807, 2.05) is 0 Å². The highest BCUT2D eigenvalue weighted by Crippen LogP contribution is 2.31. The molecule has 0 spiro atoms. The van der Waals surface area contributed by atoms with E-state index in [9.17, 15) is 17.2 Å². The number of hydrogen-bond donors (Lipinski definition) is 0. The highest BCUT2D eigenvalue weighted by molar-refractivity contribution is 7.89. The van der Waals surface area contributed by atoms with Crippen LogP contribution in [0.15, 0.2) is 47.4 Å². The summed E-state index contributed by atoms with van der Waals surface area (Å²) in [7, 11) is -4.34. The van der Waals surface area contributed by atoms with Crippen LogP contribution in [0.5, 0.6) is 11.5 Å². The second-order valence-electron chi connectivity index (χ2n) is 5.50. The topological polar surface area (TPSA) is 55.8 Å². The average molecular weight is 369 g/mol. The zero-order valence-electron chi connectivity index (χ0n) is 13.5. The molecular weight excluding hydrogens is 352 g/mol. The van der Waals surface area contributed by atoms with Crippen LogP contribution < -0.4 is 9.47 Å². The summed E-state index contributed by atoms with van der Waals surface area (Å²) < 4.78 is 65.5. The lowest BCUT2D eigenvalue weighted by atomic mass is 10.2. The Labute approximate surface area is 144 Å². The van der Waals surface area contributed by atoms with E-state index in [1.54, 1.807) is 31.2 Å². The van der Waals surface area contributed by atoms with Gasteiger partial charge in [-0.05, 0) is 24.3 Å². The molecule has 2 aromatic carbocycles. The molecule has 0 aliphatic carbocycles. The van der Waals surface area contributed by atoms with Crippen LogP contribution in [-0.2, 0) is 10.0 Å². The van der Waals surface area contributed by atoms with E-state index < -0.39 is 32.7 Å². The van der Waals surface area contributed by atoms with E-state index >= 15 is 0 Å². The zero-order chi connectivity index (χ0) is 18.0. The maximum absolute atomic E-state index is 13.9. The number of fused-ring (bicyclic) bond motifs is 1. The van der Waals surface area contributed by atoms with Crippen LogP contribution in [0.25, 0.3) is 0 Å². The van der Waals surface area contributed by atoms with Gasteiger partial charge in [0.1, 0.15) is 24.3 Å². The molecule has 0 saturated heterocycles. The lowest BCUT2D eigenvalue weighted by Gasteiger charge is -2.30. The summed E-state index contributed by atoms with van der Waals surface area (Å²) in [6.45, 7) is 1.69. The first-order chi connectivity index (χ1) is 11.9. The summed E-state index contributed by atoms with van der Waals surface area (Å²) in [5, 5.41) is 0. The standard InChI is InChI=1S/C17H17F2NO4S/c1-2-20(25(21,22)17-13(18)6-5-7-14(17)19)10-12-11-23-15-8-3-4-9-16(15)24-12/h3-9,12H,2,10-11H2,1H3. The normalized spacial score (nSPS) is 16.9. The van der Waals surface area contributed by atoms with E-state index in [1.165, 1.54) is 0 Å². The van der Waals surface area contributed by atoms with Crippen LogP contribution in [0, 0.1) is 11.6 Å². The van der Waals surface area contributed by atoms with Gasteiger partial charge in [0.25, 0.3) is 0 Å². The average Bonchev–Trinajstić information content (AvgIpc) is 2.59. The van der Waals surface area contributed by atoms with Gasteiger partial charge in [-0.2, -0.15) is 4.31 Å². The highest BCUT2D eigenvalue weighted by Gasteiger charge is 2.33. The van der Waals surface area contributed by atoms with Gasteiger partial charge in [0.05, 0.1) is 6.54 Å². The summed E-state index contributed by atoms with van der Waals surface area (Å²) in [5.41, 5.74) is 0. The van der Waals surface area contributed by atoms with E-state index in [4.69, 9.17) is 9.47 Å². The molecule has 0 N–H and O–H groups in total. The summed E-state index contributed by atoms with van der Waals surface area (Å²) in [6.07, 6.45) is -0.584. The van der Waals surface area contributed by atoms with Gasteiger partial charge >= 0.3 is 0 Å². The maximum Gasteiger partial charge on any atom is 0.249 e. The van der Waals surface area contributed by atoms with E-state index in [2.05, 4.69) is 0 Å². The molecule has 5 nitrogen and oxygen atoms in total. The highest BCUT2D eigenvalue weighted by atomic mass is 32.2. The summed E-state index contributed by atoms with van der Waals surface area (Å²) in [6, 6.07) is 9.98. The van der Waals surface area contributed by atoms with Gasteiger partial charge in [0.2, 0.25) is 10.0 Å². The molecule has 0 radical (unpaired) electrons. The molecule has 3 rings (SSSR count). The molecule has 0 aromatic heterocycles. The molecule has 0 saturated carbocycles. The first-order valence-corrected chi connectivity index (χ1v) is 9.20. The molecule has 25 heavy (non-hydrogen) atoms. The molecule has 0 amide bonds. The SMILES string of the molecule is CCN(CC1COc2ccccc2O1)S(=O)(=O)c1c(F)cccc1F. The van der Waals surface area contributed by atoms with Crippen molar-refractivity contribution >= 4 is 10.0 Å². The maximum atomic E-state index is 13.9. The first-order valence-electron chi connectivity index (χ1n) is 7.76. The monoisotopic (exact) mass is 369 g/mol. The van der Waals surface area contributed by atoms with Crippen molar-refractivity contribution in [2.45, 2.75) is 17.9 Å². The lowest BCUT2D eigenvalue weighted by Crippen LogP contribution is -2.43. The van der Waals surface area contributed by atoms with Crippen molar-refractivity contribution in [2.75, 3.05) is 19.7 Å². The Hall–Kier alpha value is -2.19. The van der Waals surface area contributed by atoms with Gasteiger partial charge in [-0.25, -0.2) is 17.2 Å². The van der Waals surface area contributed by atoms with Crippen molar-refractivity contribution in [1.29, 1.82) is 0 Å². The van der Waals surface area contributed by atoms with Gasteiger partial charge in [0.15, 0.2) is 16.4 Å². The van der Waals surface area contributed by atoms with Crippen molar-refractivity contribution in [3.8, 4) is 11.5 Å². The number of likely N-dealkylation sites (N-methyl/N-ethyl adjacent to an activating group) is 1. The Balaban J connectivity index is 1.84. The van der Waals surface area contributed by atoms with Gasteiger partial charge < -0.3 is 9.47 Å². The van der Waals surface area contributed by atoms with Crippen LogP contribution in [0.2, 0.25) is 0 Å². The van der Waals surface area contributed by atoms with Crippen molar-refractivity contribution in [3.05, 3.63) is 54.1 Å². The third-order valence-electron chi connectivity index (χ3n) is 3.84. The van der Waals surface area contributed by atoms with Crippen molar-refractivity contribution in [1.82, 2.24) is 4.31 Å². The predicted octanol–water partition coefficient (Wildman–Crippen LogP) is 2.82. The minimum atomic E-state index is -4.34. The number of benzene rings is 2. The molecule has 1 aliphatic rings. The van der Waals surface area contributed by atoms with Crippen molar-refractivity contribution in [3.63, 3.8) is 0 Å². The summed E-state index contributed by atoms with van der Waals surface area (Å²) >= 11 is 0. The molecular formula is C17H17F2NO4S. The minimum Gasteiger partial charge on any atom is -0.486 e. The first kappa shape index (κ1) is 17.6. The summed E-state index contributed by atoms with van der Waals surface area (Å²) in [4.78, 5) is -0.950. The Kier molecular flexibility index (Phi) is 4.91. The van der Waals surface area contributed by atoms with Crippen LogP contribution in [0.3, 0.4) is 0 Å². The second kappa shape index (κ2) is 6.97. The molecule has 134 valence electrons. The van der Waals surface area contributed by atoms with E-state index in [0.717, 1.165) is 22.5 Å². The fourth-order valence-electron chi connectivity index (χ4n) is 2.64. The van der Waals surface area contributed by atoms with Crippen LogP contribution in [0.1, 0.15) is 6.92 Å². The van der Waals surface area contributed by atoms with Gasteiger partial charge in [-0.15, -0.1) is 0 Å². The molecule has 0 bridgehead atoms. The third kappa shape index (κ3) is 3.45. The van der Waals surface area contributed by atoms with Crippen LogP contribution in [-0.4, -0.2) is 38.5 Å². The van der Waals surface area contributed by atoms with Crippen LogP contribution in [0.4, 0.5) is 8.78 Å². The second-order valence-corrected chi connectivity index (χ2v) is 7.38. The molecule has 1 unspecified atom stereocenters. The van der Waals surface area contributed by atoms with Crippen LogP contribution >= 0.6 is 0 Å². The zero-order valence-corrected chi connectivity index (χ0v) is 14.3. The number of halogens is 2. The van der Waals surface area contributed by atoms with Gasteiger partial charge in [-0.1, -0.05) is 25.1 Å². The molecule has 1 aliphatic heterocycles. The molecule has 0 fully saturated rings. The number of para-hydroxylation sites is 2. The van der Waals surface area contributed by atoms with Crippen molar-refractivity contribution in [2.24, 2.45) is 0 Å². The number of hydrogen-bond acceptors (Lipinski definition) is 4. The third-order valence-corrected chi connectivity index (χ3v) is 5.84. The minimum absolute atomic E-state index is 0.0393. The largest absolute Gasteiger partial charge is 0.486 e. The lowest BCUT2D eigenvalue weighted by molar-refractivity contribution is 0.0770. The van der Waals surface area contributed by atoms with Gasteiger partial charge in [-0.3, -0.25) is 0 Å². The Morgan fingerprint density at radius 1 is 1.08 bits per heavy atom. The van der Waals surface area contributed by atoms with E-state index in [-0.39, 0.29) is 19.7 Å². The molecule has 1 heterocycles. The quantitative estimate of drug-likeness (QED) is 0.813.